The van der Waals surface area contributed by atoms with E-state index in [0.29, 0.717) is 17.3 Å². The van der Waals surface area contributed by atoms with E-state index in [2.05, 4.69) is 10.3 Å². The van der Waals surface area contributed by atoms with Crippen molar-refractivity contribution in [2.45, 2.75) is 43.2 Å². The Morgan fingerprint density at radius 2 is 1.71 bits per heavy atom. The van der Waals surface area contributed by atoms with Crippen LogP contribution in [0.2, 0.25) is 0 Å². The highest BCUT2D eigenvalue weighted by Crippen LogP contribution is 2.27. The first kappa shape index (κ1) is 21.8. The Hall–Kier alpha value is -2.40. The van der Waals surface area contributed by atoms with E-state index in [9.17, 15) is 20.4 Å². The number of hydrogen-bond acceptors (Lipinski definition) is 7. The Labute approximate surface area is 184 Å². The summed E-state index contributed by atoms with van der Waals surface area (Å²) >= 11 is 5.32. The Bertz CT molecular complexity index is 937. The molecule has 0 spiro atoms. The maximum Gasteiger partial charge on any atom is 0.229 e. The molecule has 2 aromatic rings. The SMILES string of the molecule is OC[C@H]1O[C@@H](Oc2ccc(C3=NC(=S)NC(c4ccccc4)C3)cc2)[C@H](O)[C@@H](O)[C@@H]1O. The standard InChI is InChI=1S/C22H24N2O6S/c25-11-17-18(26)19(27)20(28)21(30-17)29-14-8-6-13(7-9-14)16-10-15(23-22(31)24-16)12-4-2-1-3-5-12/h1-9,15,17-21,25-28H,10-11H2,(H,23,31)/t15?,17-,18-,19+,20-,21-/m1/s1. The third kappa shape index (κ3) is 4.77. The van der Waals surface area contributed by atoms with Gasteiger partial charge in [-0.05, 0) is 47.6 Å². The molecular formula is C22H24N2O6S. The molecule has 0 saturated carbocycles. The van der Waals surface area contributed by atoms with Gasteiger partial charge in [0.25, 0.3) is 0 Å². The monoisotopic (exact) mass is 444 g/mol. The van der Waals surface area contributed by atoms with Gasteiger partial charge in [0.15, 0.2) is 5.11 Å². The lowest BCUT2D eigenvalue weighted by molar-refractivity contribution is -0.277. The van der Waals surface area contributed by atoms with Gasteiger partial charge in [0.1, 0.15) is 30.2 Å². The van der Waals surface area contributed by atoms with Crippen molar-refractivity contribution in [3.05, 3.63) is 65.7 Å². The van der Waals surface area contributed by atoms with Crippen molar-refractivity contribution in [2.75, 3.05) is 6.61 Å². The molecule has 1 unspecified atom stereocenters. The molecule has 5 N–H and O–H groups in total. The van der Waals surface area contributed by atoms with Gasteiger partial charge in [0, 0.05) is 6.42 Å². The smallest absolute Gasteiger partial charge is 0.229 e. The van der Waals surface area contributed by atoms with E-state index in [-0.39, 0.29) is 6.04 Å². The Morgan fingerprint density at radius 1 is 1.00 bits per heavy atom. The fourth-order valence-corrected chi connectivity index (χ4v) is 3.94. The summed E-state index contributed by atoms with van der Waals surface area (Å²) < 4.78 is 11.0. The summed E-state index contributed by atoms with van der Waals surface area (Å²) in [6.45, 7) is -0.514. The van der Waals surface area contributed by atoms with Crippen LogP contribution in [0.4, 0.5) is 0 Å². The van der Waals surface area contributed by atoms with Crippen LogP contribution in [0.1, 0.15) is 23.6 Å². The molecule has 2 aliphatic heterocycles. The van der Waals surface area contributed by atoms with E-state index in [1.54, 1.807) is 12.1 Å². The average molecular weight is 445 g/mol. The second kappa shape index (κ2) is 9.39. The van der Waals surface area contributed by atoms with Crippen LogP contribution < -0.4 is 10.1 Å². The maximum atomic E-state index is 10.1. The molecule has 164 valence electrons. The van der Waals surface area contributed by atoms with E-state index in [0.717, 1.165) is 16.8 Å². The lowest BCUT2D eigenvalue weighted by Crippen LogP contribution is -2.60. The predicted molar refractivity (Wildman–Crippen MR) is 117 cm³/mol. The summed E-state index contributed by atoms with van der Waals surface area (Å²) in [5.41, 5.74) is 2.85. The Balaban J connectivity index is 1.46. The van der Waals surface area contributed by atoms with Gasteiger partial charge in [0.05, 0.1) is 18.4 Å². The number of thiocarbonyl (C=S) groups is 1. The Morgan fingerprint density at radius 3 is 2.39 bits per heavy atom. The van der Waals surface area contributed by atoms with Crippen molar-refractivity contribution in [1.29, 1.82) is 0 Å². The predicted octanol–water partition coefficient (Wildman–Crippen LogP) is 0.674. The quantitative estimate of drug-likeness (QED) is 0.427. The molecule has 0 radical (unpaired) electrons. The van der Waals surface area contributed by atoms with Crippen molar-refractivity contribution < 1.29 is 29.9 Å². The molecular weight excluding hydrogens is 420 g/mol. The van der Waals surface area contributed by atoms with E-state index in [1.807, 2.05) is 42.5 Å². The summed E-state index contributed by atoms with van der Waals surface area (Å²) in [6.07, 6.45) is -5.97. The maximum absolute atomic E-state index is 10.1. The molecule has 0 aromatic heterocycles. The second-order valence-corrected chi connectivity index (χ2v) is 7.90. The van der Waals surface area contributed by atoms with E-state index >= 15 is 0 Å². The van der Waals surface area contributed by atoms with Crippen LogP contribution in [0.5, 0.6) is 5.75 Å². The van der Waals surface area contributed by atoms with Crippen molar-refractivity contribution in [2.24, 2.45) is 4.99 Å². The van der Waals surface area contributed by atoms with Gasteiger partial charge >= 0.3 is 0 Å². The molecule has 8 nitrogen and oxygen atoms in total. The average Bonchev–Trinajstić information content (AvgIpc) is 2.80. The van der Waals surface area contributed by atoms with Crippen molar-refractivity contribution in [1.82, 2.24) is 5.32 Å². The molecule has 2 aromatic carbocycles. The van der Waals surface area contributed by atoms with Gasteiger partial charge in [-0.2, -0.15) is 0 Å². The third-order valence-electron chi connectivity index (χ3n) is 5.42. The van der Waals surface area contributed by atoms with Gasteiger partial charge < -0.3 is 35.2 Å². The first-order valence-corrected chi connectivity index (χ1v) is 10.4. The fraction of sp³-hybridized carbons (Fsp3) is 0.364. The minimum absolute atomic E-state index is 0.0336. The molecule has 2 heterocycles. The van der Waals surface area contributed by atoms with Crippen LogP contribution in [0.25, 0.3) is 0 Å². The molecule has 4 rings (SSSR count). The first-order chi connectivity index (χ1) is 15.0. The van der Waals surface area contributed by atoms with Crippen LogP contribution in [0.3, 0.4) is 0 Å². The zero-order valence-electron chi connectivity index (χ0n) is 16.5. The number of aliphatic hydroxyl groups excluding tert-OH is 4. The topological polar surface area (TPSA) is 124 Å². The third-order valence-corrected chi connectivity index (χ3v) is 5.63. The number of aliphatic hydroxyl groups is 4. The summed E-state index contributed by atoms with van der Waals surface area (Å²) in [5, 5.41) is 42.8. The Kier molecular flexibility index (Phi) is 6.61. The van der Waals surface area contributed by atoms with Crippen molar-refractivity contribution in [3.8, 4) is 5.75 Å². The zero-order valence-corrected chi connectivity index (χ0v) is 17.4. The van der Waals surface area contributed by atoms with E-state index in [1.165, 1.54) is 0 Å². The summed E-state index contributed by atoms with van der Waals surface area (Å²) in [5.74, 6) is 0.393. The number of nitrogens with one attached hydrogen (secondary N) is 1. The molecule has 1 saturated heterocycles. The van der Waals surface area contributed by atoms with Gasteiger partial charge in [-0.15, -0.1) is 0 Å². The molecule has 31 heavy (non-hydrogen) atoms. The summed E-state index contributed by atoms with van der Waals surface area (Å²) in [7, 11) is 0. The normalized spacial score (nSPS) is 31.0. The molecule has 2 aliphatic rings. The highest BCUT2D eigenvalue weighted by atomic mass is 32.1. The molecule has 6 atom stereocenters. The van der Waals surface area contributed by atoms with Gasteiger partial charge in [0.2, 0.25) is 6.29 Å². The first-order valence-electron chi connectivity index (χ1n) is 9.97. The molecule has 9 heteroatoms. The fourth-order valence-electron chi connectivity index (χ4n) is 3.69. The molecule has 0 amide bonds. The number of ether oxygens (including phenoxy) is 2. The lowest BCUT2D eigenvalue weighted by Gasteiger charge is -2.39. The minimum Gasteiger partial charge on any atom is -0.462 e. The van der Waals surface area contributed by atoms with Crippen LogP contribution in [0.15, 0.2) is 59.6 Å². The number of rotatable bonds is 5. The van der Waals surface area contributed by atoms with Gasteiger partial charge in [-0.1, -0.05) is 30.3 Å². The molecule has 1 fully saturated rings. The number of nitrogens with zero attached hydrogens (tertiary/aromatic N) is 1. The van der Waals surface area contributed by atoms with Crippen molar-refractivity contribution in [3.63, 3.8) is 0 Å². The van der Waals surface area contributed by atoms with Gasteiger partial charge in [-0.3, -0.25) is 0 Å². The van der Waals surface area contributed by atoms with Gasteiger partial charge in [-0.25, -0.2) is 4.99 Å². The highest BCUT2D eigenvalue weighted by molar-refractivity contribution is 7.80. The molecule has 0 bridgehead atoms. The zero-order chi connectivity index (χ0) is 22.0. The number of benzene rings is 2. The summed E-state index contributed by atoms with van der Waals surface area (Å²) in [6, 6.07) is 17.1. The van der Waals surface area contributed by atoms with Crippen molar-refractivity contribution >= 4 is 23.0 Å². The lowest BCUT2D eigenvalue weighted by atomic mass is 9.96. The largest absolute Gasteiger partial charge is 0.462 e. The molecule has 0 aliphatic carbocycles. The summed E-state index contributed by atoms with van der Waals surface area (Å²) in [4.78, 5) is 4.47. The van der Waals surface area contributed by atoms with E-state index < -0.39 is 37.3 Å². The van der Waals surface area contributed by atoms with Crippen LogP contribution in [-0.4, -0.2) is 68.6 Å². The minimum atomic E-state index is -1.49. The second-order valence-electron chi connectivity index (χ2n) is 7.51. The van der Waals surface area contributed by atoms with Crippen LogP contribution >= 0.6 is 12.2 Å². The van der Waals surface area contributed by atoms with Crippen LogP contribution in [0, 0.1) is 0 Å². The van der Waals surface area contributed by atoms with E-state index in [4.69, 9.17) is 21.7 Å². The van der Waals surface area contributed by atoms with Crippen LogP contribution in [-0.2, 0) is 4.74 Å². The number of aliphatic imine (C=N–C) groups is 1. The highest BCUT2D eigenvalue weighted by Gasteiger charge is 2.44. The number of hydrogen-bond donors (Lipinski definition) is 5.